The second-order valence-electron chi connectivity index (χ2n) is 6.41. The number of benzene rings is 1. The lowest BCUT2D eigenvalue weighted by atomic mass is 10.1. The highest BCUT2D eigenvalue weighted by molar-refractivity contribution is 5.94. The van der Waals surface area contributed by atoms with Crippen LogP contribution in [-0.4, -0.2) is 67.0 Å². The number of nitrogens with zero attached hydrogens (tertiary/aromatic N) is 2. The van der Waals surface area contributed by atoms with Gasteiger partial charge in [0.05, 0.1) is 6.54 Å². The Morgan fingerprint density at radius 2 is 1.84 bits per heavy atom. The van der Waals surface area contributed by atoms with Gasteiger partial charge in [-0.05, 0) is 38.1 Å². The summed E-state index contributed by atoms with van der Waals surface area (Å²) in [5.74, 6) is 0.767. The van der Waals surface area contributed by atoms with Crippen LogP contribution in [0.4, 0.5) is 0 Å². The largest absolute Gasteiger partial charge is 0.490 e. The molecule has 1 heterocycles. The van der Waals surface area contributed by atoms with Crippen molar-refractivity contribution in [3.63, 3.8) is 0 Å². The second-order valence-corrected chi connectivity index (χ2v) is 6.41. The highest BCUT2D eigenvalue weighted by atomic mass is 16.5. The zero-order chi connectivity index (χ0) is 18.2. The van der Waals surface area contributed by atoms with Gasteiger partial charge in [0.2, 0.25) is 5.91 Å². The minimum Gasteiger partial charge on any atom is -0.490 e. The summed E-state index contributed by atoms with van der Waals surface area (Å²) >= 11 is 0. The number of ether oxygens (including phenoxy) is 1. The van der Waals surface area contributed by atoms with Crippen molar-refractivity contribution in [1.82, 2.24) is 15.1 Å². The molecule has 25 heavy (non-hydrogen) atoms. The van der Waals surface area contributed by atoms with Crippen LogP contribution in [0.3, 0.4) is 0 Å². The van der Waals surface area contributed by atoms with E-state index in [-0.39, 0.29) is 17.9 Å². The van der Waals surface area contributed by atoms with Gasteiger partial charge in [-0.1, -0.05) is 12.7 Å². The molecule has 0 bridgehead atoms. The number of rotatable bonds is 7. The van der Waals surface area contributed by atoms with Crippen LogP contribution in [0.2, 0.25) is 0 Å². The SMILES string of the molecule is C=CCOc1ccc(C(=O)N2CCN(CC(=O)NC(C)C)CC2)cc1. The molecular weight excluding hydrogens is 318 g/mol. The van der Waals surface area contributed by atoms with Gasteiger partial charge < -0.3 is 15.0 Å². The number of nitrogens with one attached hydrogen (secondary N) is 1. The Kier molecular flexibility index (Phi) is 7.01. The number of hydrogen-bond donors (Lipinski definition) is 1. The van der Waals surface area contributed by atoms with Crippen LogP contribution in [0.15, 0.2) is 36.9 Å². The zero-order valence-electron chi connectivity index (χ0n) is 15.0. The van der Waals surface area contributed by atoms with Crippen LogP contribution in [0, 0.1) is 0 Å². The third-order valence-corrected chi connectivity index (χ3v) is 3.95. The van der Waals surface area contributed by atoms with Crippen molar-refractivity contribution < 1.29 is 14.3 Å². The molecule has 1 aliphatic rings. The lowest BCUT2D eigenvalue weighted by Crippen LogP contribution is -2.51. The van der Waals surface area contributed by atoms with E-state index in [2.05, 4.69) is 16.8 Å². The maximum atomic E-state index is 12.6. The van der Waals surface area contributed by atoms with Gasteiger partial charge in [-0.3, -0.25) is 14.5 Å². The molecule has 1 saturated heterocycles. The summed E-state index contributed by atoms with van der Waals surface area (Å²) in [4.78, 5) is 28.3. The molecule has 1 aliphatic heterocycles. The van der Waals surface area contributed by atoms with Crippen LogP contribution in [-0.2, 0) is 4.79 Å². The summed E-state index contributed by atoms with van der Waals surface area (Å²) in [6, 6.07) is 7.30. The molecule has 1 N–H and O–H groups in total. The average Bonchev–Trinajstić information content (AvgIpc) is 2.59. The van der Waals surface area contributed by atoms with E-state index < -0.39 is 0 Å². The fourth-order valence-electron chi connectivity index (χ4n) is 2.71. The molecule has 1 aromatic rings. The standard InChI is InChI=1S/C19H27N3O3/c1-4-13-25-17-7-5-16(6-8-17)19(24)22-11-9-21(10-12-22)14-18(23)20-15(2)3/h4-8,15H,1,9-14H2,2-3H3,(H,20,23). The van der Waals surface area contributed by atoms with Crippen LogP contribution in [0.1, 0.15) is 24.2 Å². The van der Waals surface area contributed by atoms with Gasteiger partial charge in [-0.15, -0.1) is 0 Å². The van der Waals surface area contributed by atoms with Gasteiger partial charge in [0.15, 0.2) is 0 Å². The van der Waals surface area contributed by atoms with Crippen molar-refractivity contribution in [2.45, 2.75) is 19.9 Å². The summed E-state index contributed by atoms with van der Waals surface area (Å²) in [7, 11) is 0. The monoisotopic (exact) mass is 345 g/mol. The van der Waals surface area contributed by atoms with Crippen molar-refractivity contribution in [3.8, 4) is 5.75 Å². The maximum absolute atomic E-state index is 12.6. The predicted molar refractivity (Wildman–Crippen MR) is 97.8 cm³/mol. The van der Waals surface area contributed by atoms with E-state index in [1.165, 1.54) is 0 Å². The normalized spacial score (nSPS) is 15.1. The van der Waals surface area contributed by atoms with E-state index in [1.807, 2.05) is 18.7 Å². The smallest absolute Gasteiger partial charge is 0.253 e. The minimum absolute atomic E-state index is 0.0153. The maximum Gasteiger partial charge on any atom is 0.253 e. The molecule has 2 rings (SSSR count). The van der Waals surface area contributed by atoms with Crippen molar-refractivity contribution in [2.75, 3.05) is 39.3 Å². The Morgan fingerprint density at radius 3 is 2.40 bits per heavy atom. The summed E-state index contributed by atoms with van der Waals surface area (Å²) < 4.78 is 5.43. The second kappa shape index (κ2) is 9.22. The van der Waals surface area contributed by atoms with E-state index in [0.717, 1.165) is 5.75 Å². The van der Waals surface area contributed by atoms with Gasteiger partial charge in [0, 0.05) is 37.8 Å². The van der Waals surface area contributed by atoms with Crippen molar-refractivity contribution in [2.24, 2.45) is 0 Å². The van der Waals surface area contributed by atoms with Crippen LogP contribution in [0.25, 0.3) is 0 Å². The first-order valence-electron chi connectivity index (χ1n) is 8.64. The van der Waals surface area contributed by atoms with E-state index in [0.29, 0.717) is 44.9 Å². The molecule has 1 fully saturated rings. The molecule has 0 atom stereocenters. The molecule has 0 unspecified atom stereocenters. The Balaban J connectivity index is 1.82. The number of hydrogen-bond acceptors (Lipinski definition) is 4. The molecule has 136 valence electrons. The predicted octanol–water partition coefficient (Wildman–Crippen LogP) is 1.53. The topological polar surface area (TPSA) is 61.9 Å². The van der Waals surface area contributed by atoms with Crippen LogP contribution >= 0.6 is 0 Å². The number of carbonyl (C=O) groups excluding carboxylic acids is 2. The number of amides is 2. The van der Waals surface area contributed by atoms with E-state index >= 15 is 0 Å². The van der Waals surface area contributed by atoms with Crippen LogP contribution in [0.5, 0.6) is 5.75 Å². The van der Waals surface area contributed by atoms with E-state index in [1.54, 1.807) is 30.3 Å². The van der Waals surface area contributed by atoms with Gasteiger partial charge >= 0.3 is 0 Å². The Labute approximate surface area is 149 Å². The molecule has 0 spiro atoms. The Bertz CT molecular complexity index is 590. The molecule has 6 nitrogen and oxygen atoms in total. The summed E-state index contributed by atoms with van der Waals surface area (Å²) in [6.45, 7) is 11.0. The highest BCUT2D eigenvalue weighted by Gasteiger charge is 2.23. The zero-order valence-corrected chi connectivity index (χ0v) is 15.0. The third-order valence-electron chi connectivity index (χ3n) is 3.95. The molecule has 0 aliphatic carbocycles. The Morgan fingerprint density at radius 1 is 1.20 bits per heavy atom. The first kappa shape index (κ1) is 19.0. The highest BCUT2D eigenvalue weighted by Crippen LogP contribution is 2.15. The number of piperazine rings is 1. The fourth-order valence-corrected chi connectivity index (χ4v) is 2.71. The quantitative estimate of drug-likeness (QED) is 0.762. The molecule has 0 saturated carbocycles. The fraction of sp³-hybridized carbons (Fsp3) is 0.474. The van der Waals surface area contributed by atoms with E-state index in [9.17, 15) is 9.59 Å². The third kappa shape index (κ3) is 5.90. The van der Waals surface area contributed by atoms with Gasteiger partial charge in [0.1, 0.15) is 12.4 Å². The molecule has 1 aromatic carbocycles. The molecule has 6 heteroatoms. The van der Waals surface area contributed by atoms with Crippen molar-refractivity contribution in [1.29, 1.82) is 0 Å². The van der Waals surface area contributed by atoms with Crippen molar-refractivity contribution >= 4 is 11.8 Å². The van der Waals surface area contributed by atoms with Crippen LogP contribution < -0.4 is 10.1 Å². The van der Waals surface area contributed by atoms with E-state index in [4.69, 9.17) is 4.74 Å². The van der Waals surface area contributed by atoms with Gasteiger partial charge in [-0.25, -0.2) is 0 Å². The molecule has 2 amide bonds. The first-order valence-corrected chi connectivity index (χ1v) is 8.64. The molecule has 0 radical (unpaired) electrons. The van der Waals surface area contributed by atoms with Crippen molar-refractivity contribution in [3.05, 3.63) is 42.5 Å². The number of carbonyl (C=O) groups is 2. The molecule has 0 aromatic heterocycles. The summed E-state index contributed by atoms with van der Waals surface area (Å²) in [5, 5.41) is 2.89. The lowest BCUT2D eigenvalue weighted by molar-refractivity contribution is -0.123. The lowest BCUT2D eigenvalue weighted by Gasteiger charge is -2.34. The molecular formula is C19H27N3O3. The Hall–Kier alpha value is -2.34. The average molecular weight is 345 g/mol. The summed E-state index contributed by atoms with van der Waals surface area (Å²) in [5.41, 5.74) is 0.650. The minimum atomic E-state index is 0.0153. The van der Waals surface area contributed by atoms with Gasteiger partial charge in [0.25, 0.3) is 5.91 Å². The van der Waals surface area contributed by atoms with Gasteiger partial charge in [-0.2, -0.15) is 0 Å². The summed E-state index contributed by atoms with van der Waals surface area (Å²) in [6.07, 6.45) is 1.68. The first-order chi connectivity index (χ1) is 12.0.